The van der Waals surface area contributed by atoms with Gasteiger partial charge in [0.1, 0.15) is 12.2 Å². The van der Waals surface area contributed by atoms with Crippen LogP contribution in [0.25, 0.3) is 0 Å². The number of H-pyrrole nitrogens is 2. The van der Waals surface area contributed by atoms with Gasteiger partial charge in [0.2, 0.25) is 5.91 Å². The van der Waals surface area contributed by atoms with Crippen molar-refractivity contribution in [2.45, 2.75) is 33.1 Å². The van der Waals surface area contributed by atoms with Crippen LogP contribution in [-0.2, 0) is 17.6 Å². The summed E-state index contributed by atoms with van der Waals surface area (Å²) in [5.74, 6) is 0.862. The number of hydrogen-bond acceptors (Lipinski definition) is 4. The summed E-state index contributed by atoms with van der Waals surface area (Å²) in [7, 11) is 0. The normalized spacial score (nSPS) is 10.6. The molecule has 0 aliphatic heterocycles. The maximum atomic E-state index is 11.8. The second-order valence-electron chi connectivity index (χ2n) is 4.48. The fourth-order valence-corrected chi connectivity index (χ4v) is 1.89. The zero-order chi connectivity index (χ0) is 13.7. The van der Waals surface area contributed by atoms with Crippen molar-refractivity contribution in [3.8, 4) is 0 Å². The highest BCUT2D eigenvalue weighted by Crippen LogP contribution is 2.09. The molecule has 102 valence electrons. The molecular formula is C12H18N6O. The van der Waals surface area contributed by atoms with Gasteiger partial charge in [-0.15, -0.1) is 0 Å². The van der Waals surface area contributed by atoms with Crippen molar-refractivity contribution in [2.75, 3.05) is 6.54 Å². The monoisotopic (exact) mass is 262 g/mol. The van der Waals surface area contributed by atoms with E-state index < -0.39 is 0 Å². The van der Waals surface area contributed by atoms with Crippen molar-refractivity contribution in [3.63, 3.8) is 0 Å². The third kappa shape index (κ3) is 3.64. The van der Waals surface area contributed by atoms with Gasteiger partial charge in [-0.1, -0.05) is 0 Å². The van der Waals surface area contributed by atoms with Gasteiger partial charge in [-0.05, 0) is 20.3 Å². The Morgan fingerprint density at radius 1 is 1.37 bits per heavy atom. The first-order valence-electron chi connectivity index (χ1n) is 6.28. The number of aryl methyl sites for hydroxylation is 3. The smallest absolute Gasteiger partial charge is 0.224 e. The second kappa shape index (κ2) is 6.12. The summed E-state index contributed by atoms with van der Waals surface area (Å²) in [6.45, 7) is 4.46. The van der Waals surface area contributed by atoms with Crippen LogP contribution >= 0.6 is 0 Å². The highest BCUT2D eigenvalue weighted by molar-refractivity contribution is 5.79. The van der Waals surface area contributed by atoms with Gasteiger partial charge in [-0.3, -0.25) is 15.0 Å². The molecule has 0 unspecified atom stereocenters. The maximum absolute atomic E-state index is 11.8. The van der Waals surface area contributed by atoms with Crippen LogP contribution in [-0.4, -0.2) is 37.8 Å². The van der Waals surface area contributed by atoms with Crippen LogP contribution in [0.5, 0.6) is 0 Å². The van der Waals surface area contributed by atoms with E-state index in [9.17, 15) is 4.79 Å². The largest absolute Gasteiger partial charge is 0.356 e. The second-order valence-corrected chi connectivity index (χ2v) is 4.48. The van der Waals surface area contributed by atoms with E-state index in [4.69, 9.17) is 0 Å². The van der Waals surface area contributed by atoms with Gasteiger partial charge in [0.05, 0.1) is 12.1 Å². The number of nitrogens with one attached hydrogen (secondary N) is 3. The lowest BCUT2D eigenvalue weighted by Gasteiger charge is -2.04. The molecule has 1 amide bonds. The molecule has 19 heavy (non-hydrogen) atoms. The fraction of sp³-hybridized carbons (Fsp3) is 0.500. The van der Waals surface area contributed by atoms with Crippen molar-refractivity contribution in [2.24, 2.45) is 0 Å². The zero-order valence-corrected chi connectivity index (χ0v) is 11.2. The molecule has 0 atom stereocenters. The van der Waals surface area contributed by atoms with E-state index in [1.165, 1.54) is 6.33 Å². The van der Waals surface area contributed by atoms with Crippen LogP contribution in [0, 0.1) is 13.8 Å². The van der Waals surface area contributed by atoms with Crippen LogP contribution in [0.2, 0.25) is 0 Å². The Morgan fingerprint density at radius 2 is 2.21 bits per heavy atom. The Kier molecular flexibility index (Phi) is 4.27. The number of carbonyl (C=O) groups excluding carboxylic acids is 1. The van der Waals surface area contributed by atoms with E-state index in [0.717, 1.165) is 35.6 Å². The number of carbonyl (C=O) groups is 1. The minimum atomic E-state index is 0.0187. The molecule has 0 saturated carbocycles. The quantitative estimate of drug-likeness (QED) is 0.657. The maximum Gasteiger partial charge on any atom is 0.224 e. The molecule has 0 saturated heterocycles. The average Bonchev–Trinajstić information content (AvgIpc) is 3.00. The summed E-state index contributed by atoms with van der Waals surface area (Å²) in [4.78, 5) is 15.8. The number of aromatic nitrogens is 5. The number of rotatable bonds is 6. The molecule has 3 N–H and O–H groups in total. The van der Waals surface area contributed by atoms with Gasteiger partial charge in [0.25, 0.3) is 0 Å². The van der Waals surface area contributed by atoms with E-state index in [2.05, 4.69) is 30.7 Å². The molecule has 7 nitrogen and oxygen atoms in total. The molecule has 0 radical (unpaired) electrons. The fourth-order valence-electron chi connectivity index (χ4n) is 1.89. The molecule has 0 bridgehead atoms. The van der Waals surface area contributed by atoms with Crippen molar-refractivity contribution in [3.05, 3.63) is 29.1 Å². The van der Waals surface area contributed by atoms with Crippen LogP contribution in [0.3, 0.4) is 0 Å². The van der Waals surface area contributed by atoms with E-state index in [-0.39, 0.29) is 5.91 Å². The predicted molar refractivity (Wildman–Crippen MR) is 69.5 cm³/mol. The lowest BCUT2D eigenvalue weighted by Crippen LogP contribution is -2.26. The molecular weight excluding hydrogens is 244 g/mol. The summed E-state index contributed by atoms with van der Waals surface area (Å²) < 4.78 is 0. The van der Waals surface area contributed by atoms with E-state index in [1.54, 1.807) is 0 Å². The summed E-state index contributed by atoms with van der Waals surface area (Å²) in [6, 6.07) is 0. The summed E-state index contributed by atoms with van der Waals surface area (Å²) in [5, 5.41) is 16.4. The minimum absolute atomic E-state index is 0.0187. The molecule has 2 heterocycles. The van der Waals surface area contributed by atoms with Crippen molar-refractivity contribution < 1.29 is 4.79 Å². The Morgan fingerprint density at radius 3 is 2.84 bits per heavy atom. The molecule has 0 aromatic carbocycles. The van der Waals surface area contributed by atoms with Crippen molar-refractivity contribution in [1.82, 2.24) is 30.7 Å². The Bertz CT molecular complexity index is 511. The van der Waals surface area contributed by atoms with Gasteiger partial charge in [0.15, 0.2) is 0 Å². The first kappa shape index (κ1) is 13.3. The molecule has 2 aromatic rings. The summed E-state index contributed by atoms with van der Waals surface area (Å²) in [6.07, 6.45) is 3.48. The molecule has 0 spiro atoms. The predicted octanol–water partition coefficient (Wildman–Crippen LogP) is 0.436. The van der Waals surface area contributed by atoms with Crippen LogP contribution in [0.15, 0.2) is 6.33 Å². The molecule has 2 rings (SSSR count). The molecule has 7 heteroatoms. The number of nitrogens with zero attached hydrogens (tertiary/aromatic N) is 3. The average molecular weight is 262 g/mol. The number of hydrogen-bond donors (Lipinski definition) is 3. The molecule has 0 aliphatic rings. The number of aromatic amines is 2. The first-order valence-corrected chi connectivity index (χ1v) is 6.28. The number of amides is 1. The SMILES string of the molecule is Cc1n[nH]c(C)c1CC(=O)NCCCc1ncn[nH]1. The highest BCUT2D eigenvalue weighted by atomic mass is 16.1. The van der Waals surface area contributed by atoms with Crippen LogP contribution in [0.1, 0.15) is 29.2 Å². The lowest BCUT2D eigenvalue weighted by molar-refractivity contribution is -0.120. The van der Waals surface area contributed by atoms with E-state index >= 15 is 0 Å². The standard InChI is InChI=1S/C12H18N6O/c1-8-10(9(2)17-16-8)6-12(19)13-5-3-4-11-14-7-15-18-11/h7H,3-6H2,1-2H3,(H,13,19)(H,16,17)(H,14,15,18). The highest BCUT2D eigenvalue weighted by Gasteiger charge is 2.10. The Balaban J connectivity index is 1.70. The van der Waals surface area contributed by atoms with Crippen molar-refractivity contribution in [1.29, 1.82) is 0 Å². The van der Waals surface area contributed by atoms with Gasteiger partial charge < -0.3 is 5.32 Å². The van der Waals surface area contributed by atoms with Gasteiger partial charge in [-0.25, -0.2) is 4.98 Å². The zero-order valence-electron chi connectivity index (χ0n) is 11.2. The van der Waals surface area contributed by atoms with Gasteiger partial charge in [0, 0.05) is 24.2 Å². The van der Waals surface area contributed by atoms with Crippen LogP contribution < -0.4 is 5.32 Å². The minimum Gasteiger partial charge on any atom is -0.356 e. The molecule has 0 fully saturated rings. The van der Waals surface area contributed by atoms with E-state index in [1.807, 2.05) is 13.8 Å². The third-order valence-corrected chi connectivity index (χ3v) is 3.00. The summed E-state index contributed by atoms with van der Waals surface area (Å²) >= 11 is 0. The Labute approximate surface area is 111 Å². The van der Waals surface area contributed by atoms with Gasteiger partial charge >= 0.3 is 0 Å². The topological polar surface area (TPSA) is 99.3 Å². The van der Waals surface area contributed by atoms with Crippen LogP contribution in [0.4, 0.5) is 0 Å². The molecule has 2 aromatic heterocycles. The van der Waals surface area contributed by atoms with E-state index in [0.29, 0.717) is 13.0 Å². The molecule has 0 aliphatic carbocycles. The third-order valence-electron chi connectivity index (χ3n) is 3.00. The lowest BCUT2D eigenvalue weighted by atomic mass is 10.1. The summed E-state index contributed by atoms with van der Waals surface area (Å²) in [5.41, 5.74) is 2.82. The van der Waals surface area contributed by atoms with Gasteiger partial charge in [-0.2, -0.15) is 10.2 Å². The Hall–Kier alpha value is -2.18. The van der Waals surface area contributed by atoms with Crippen molar-refractivity contribution >= 4 is 5.91 Å². The first-order chi connectivity index (χ1) is 9.16.